The summed E-state index contributed by atoms with van der Waals surface area (Å²) in [6.07, 6.45) is 20.4. The molecule has 0 aliphatic heterocycles. The van der Waals surface area contributed by atoms with Crippen LogP contribution in [0.15, 0.2) is 30.0 Å². The van der Waals surface area contributed by atoms with Crippen LogP contribution < -0.4 is 0 Å². The van der Waals surface area contributed by atoms with Crippen molar-refractivity contribution in [3.63, 3.8) is 0 Å². The van der Waals surface area contributed by atoms with Gasteiger partial charge in [0.15, 0.2) is 0 Å². The molecular weight excluding hydrogens is 248 g/mol. The van der Waals surface area contributed by atoms with Gasteiger partial charge in [-0.25, -0.2) is 0 Å². The molecule has 0 aromatic heterocycles. The van der Waals surface area contributed by atoms with Crippen LogP contribution in [-0.4, -0.2) is 11.1 Å². The fourth-order valence-corrected chi connectivity index (χ4v) is 1.99. The molecule has 0 saturated heterocycles. The third kappa shape index (κ3) is 16.7. The summed E-state index contributed by atoms with van der Waals surface area (Å²) in [4.78, 5) is 10.3. The Morgan fingerprint density at radius 2 is 1.45 bits per heavy atom. The first-order valence-corrected chi connectivity index (χ1v) is 7.99. The van der Waals surface area contributed by atoms with Gasteiger partial charge >= 0.3 is 5.97 Å². The van der Waals surface area contributed by atoms with Crippen LogP contribution in [0.1, 0.15) is 77.6 Å². The maximum Gasteiger partial charge on any atom is 0.303 e. The van der Waals surface area contributed by atoms with Crippen molar-refractivity contribution < 1.29 is 9.90 Å². The summed E-state index contributed by atoms with van der Waals surface area (Å²) < 4.78 is 0. The maximum absolute atomic E-state index is 10.3. The van der Waals surface area contributed by atoms with E-state index in [1.165, 1.54) is 44.9 Å². The third-order valence-corrected chi connectivity index (χ3v) is 3.18. The molecule has 0 unspecified atom stereocenters. The molecule has 114 valence electrons. The minimum atomic E-state index is -0.715. The summed E-state index contributed by atoms with van der Waals surface area (Å²) in [5, 5.41) is 8.47. The molecule has 20 heavy (non-hydrogen) atoms. The van der Waals surface area contributed by atoms with E-state index in [0.717, 1.165) is 12.8 Å². The van der Waals surface area contributed by atoms with Crippen LogP contribution in [0.5, 0.6) is 0 Å². The molecule has 0 atom stereocenters. The van der Waals surface area contributed by atoms with Crippen molar-refractivity contribution in [1.82, 2.24) is 0 Å². The van der Waals surface area contributed by atoms with Crippen molar-refractivity contribution >= 4 is 5.97 Å². The molecule has 0 aliphatic rings. The monoisotopic (exact) mass is 278 g/mol. The van der Waals surface area contributed by atoms with Crippen LogP contribution in [0.4, 0.5) is 0 Å². The Morgan fingerprint density at radius 1 is 0.900 bits per heavy atom. The predicted molar refractivity (Wildman–Crippen MR) is 85.9 cm³/mol. The molecule has 0 heterocycles. The highest BCUT2D eigenvalue weighted by molar-refractivity contribution is 5.66. The Hall–Kier alpha value is -1.27. The number of carbonyl (C=O) groups is 1. The Balaban J connectivity index is 3.22. The topological polar surface area (TPSA) is 37.3 Å². The standard InChI is InChI=1S/C18H30O2/c1-2-3-4-5-6-7-8-9-10-11-12-13-14-15-16-17-18(19)20/h2-3,12,14H,4-11,15-17H2,1H3,(H,19,20)/b3-2+. The second-order valence-corrected chi connectivity index (χ2v) is 5.13. The number of carboxylic acids is 1. The Kier molecular flexibility index (Phi) is 14.8. The van der Waals surface area contributed by atoms with Crippen LogP contribution in [0, 0.1) is 0 Å². The summed E-state index contributed by atoms with van der Waals surface area (Å²) in [6.45, 7) is 2.08. The van der Waals surface area contributed by atoms with E-state index >= 15 is 0 Å². The number of allylic oxidation sites excluding steroid dienone is 3. The number of hydrogen-bond acceptors (Lipinski definition) is 1. The maximum atomic E-state index is 10.3. The molecule has 0 radical (unpaired) electrons. The highest BCUT2D eigenvalue weighted by Crippen LogP contribution is 2.09. The molecule has 0 aromatic carbocycles. The second-order valence-electron chi connectivity index (χ2n) is 5.13. The fourth-order valence-electron chi connectivity index (χ4n) is 1.99. The lowest BCUT2D eigenvalue weighted by molar-refractivity contribution is -0.137. The first kappa shape index (κ1) is 18.7. The van der Waals surface area contributed by atoms with Crippen LogP contribution in [0.2, 0.25) is 0 Å². The van der Waals surface area contributed by atoms with E-state index in [4.69, 9.17) is 5.11 Å². The number of rotatable bonds is 13. The lowest BCUT2D eigenvalue weighted by atomic mass is 10.1. The largest absolute Gasteiger partial charge is 0.481 e. The second kappa shape index (κ2) is 15.8. The molecule has 0 aliphatic carbocycles. The first-order chi connectivity index (χ1) is 9.77. The number of unbranched alkanes of at least 4 members (excludes halogenated alkanes) is 8. The van der Waals surface area contributed by atoms with Crippen LogP contribution in [-0.2, 0) is 4.79 Å². The lowest BCUT2D eigenvalue weighted by Crippen LogP contribution is -1.92. The molecule has 2 nitrogen and oxygen atoms in total. The lowest BCUT2D eigenvalue weighted by Gasteiger charge is -1.98. The average molecular weight is 278 g/mol. The molecule has 0 bridgehead atoms. The zero-order valence-corrected chi connectivity index (χ0v) is 12.9. The van der Waals surface area contributed by atoms with Crippen molar-refractivity contribution in [1.29, 1.82) is 0 Å². The zero-order chi connectivity index (χ0) is 14.9. The summed E-state index contributed by atoms with van der Waals surface area (Å²) in [6, 6.07) is 0. The van der Waals surface area contributed by atoms with Gasteiger partial charge in [-0.2, -0.15) is 0 Å². The average Bonchev–Trinajstić information content (AvgIpc) is 2.43. The van der Waals surface area contributed by atoms with E-state index in [1.807, 2.05) is 6.08 Å². The minimum Gasteiger partial charge on any atom is -0.481 e. The van der Waals surface area contributed by atoms with Crippen molar-refractivity contribution in [2.24, 2.45) is 0 Å². The third-order valence-electron chi connectivity index (χ3n) is 3.18. The summed E-state index contributed by atoms with van der Waals surface area (Å²) in [5.74, 6) is -0.715. The summed E-state index contributed by atoms with van der Waals surface area (Å²) >= 11 is 0. The SMILES string of the molecule is C/C=C/CCCCCCCCC=C=CCCCC(=O)O. The molecule has 0 saturated carbocycles. The summed E-state index contributed by atoms with van der Waals surface area (Å²) in [5.41, 5.74) is 3.13. The zero-order valence-electron chi connectivity index (χ0n) is 12.9. The Bertz CT molecular complexity index is 309. The van der Waals surface area contributed by atoms with E-state index in [1.54, 1.807) is 0 Å². The van der Waals surface area contributed by atoms with Gasteiger partial charge in [-0.1, -0.05) is 37.8 Å². The predicted octanol–water partition coefficient (Wildman–Crippen LogP) is 5.65. The normalized spacial score (nSPS) is 10.4. The number of aliphatic carboxylic acids is 1. The smallest absolute Gasteiger partial charge is 0.303 e. The van der Waals surface area contributed by atoms with Gasteiger partial charge in [0.1, 0.15) is 0 Å². The Labute approximate surface area is 124 Å². The van der Waals surface area contributed by atoms with Gasteiger partial charge in [0.25, 0.3) is 0 Å². The highest BCUT2D eigenvalue weighted by atomic mass is 16.4. The minimum absolute atomic E-state index is 0.256. The molecular formula is C18H30O2. The summed E-state index contributed by atoms with van der Waals surface area (Å²) in [7, 11) is 0. The molecule has 0 rings (SSSR count). The van der Waals surface area contributed by atoms with Crippen molar-refractivity contribution in [2.75, 3.05) is 0 Å². The number of carboxylic acid groups (broad SMARTS) is 1. The van der Waals surface area contributed by atoms with E-state index in [9.17, 15) is 4.79 Å². The van der Waals surface area contributed by atoms with E-state index in [-0.39, 0.29) is 6.42 Å². The van der Waals surface area contributed by atoms with Gasteiger partial charge < -0.3 is 5.11 Å². The van der Waals surface area contributed by atoms with E-state index in [2.05, 4.69) is 30.9 Å². The molecule has 0 aromatic rings. The van der Waals surface area contributed by atoms with Gasteiger partial charge in [-0.15, -0.1) is 5.73 Å². The van der Waals surface area contributed by atoms with Gasteiger partial charge in [0.05, 0.1) is 0 Å². The molecule has 0 spiro atoms. The van der Waals surface area contributed by atoms with Gasteiger partial charge in [-0.3, -0.25) is 4.79 Å². The molecule has 0 fully saturated rings. The molecule has 1 N–H and O–H groups in total. The van der Waals surface area contributed by atoms with Gasteiger partial charge in [0.2, 0.25) is 0 Å². The number of hydrogen-bond donors (Lipinski definition) is 1. The van der Waals surface area contributed by atoms with E-state index in [0.29, 0.717) is 6.42 Å². The Morgan fingerprint density at radius 3 is 2.05 bits per heavy atom. The fraction of sp³-hybridized carbons (Fsp3) is 0.667. The van der Waals surface area contributed by atoms with Crippen molar-refractivity contribution in [3.05, 3.63) is 30.0 Å². The van der Waals surface area contributed by atoms with Crippen LogP contribution in [0.25, 0.3) is 0 Å². The van der Waals surface area contributed by atoms with E-state index < -0.39 is 5.97 Å². The van der Waals surface area contributed by atoms with Crippen LogP contribution in [0.3, 0.4) is 0 Å². The molecule has 2 heteroatoms. The molecule has 0 amide bonds. The highest BCUT2D eigenvalue weighted by Gasteiger charge is 1.92. The quantitative estimate of drug-likeness (QED) is 0.268. The van der Waals surface area contributed by atoms with Crippen molar-refractivity contribution in [3.8, 4) is 0 Å². The van der Waals surface area contributed by atoms with Crippen LogP contribution >= 0.6 is 0 Å². The van der Waals surface area contributed by atoms with Gasteiger partial charge in [0, 0.05) is 6.42 Å². The first-order valence-electron chi connectivity index (χ1n) is 7.99. The van der Waals surface area contributed by atoms with Gasteiger partial charge in [-0.05, 0) is 57.6 Å². The van der Waals surface area contributed by atoms with Crippen molar-refractivity contribution in [2.45, 2.75) is 77.6 Å².